The van der Waals surface area contributed by atoms with Gasteiger partial charge in [-0.05, 0) is 37.1 Å². The number of halogens is 2. The summed E-state index contributed by atoms with van der Waals surface area (Å²) in [4.78, 5) is 26.6. The standard InChI is InChI=1S/C21H24F2N6O2S/c1-13-12-26-16-11-15(20(30)27-14-4-7-25-17(10-14)32(2,24)31)19(28-18(13)16)29-8-3-5-21(22,23)6-9-29/h4,7,10-12,24,26H,3,5-6,8-9H2,1-2H3,(H,25,27,30). The summed E-state index contributed by atoms with van der Waals surface area (Å²) in [5.41, 5.74) is 2.80. The zero-order valence-electron chi connectivity index (χ0n) is 17.7. The summed E-state index contributed by atoms with van der Waals surface area (Å²) in [5.74, 6) is -2.87. The Morgan fingerprint density at radius 2 is 2.09 bits per heavy atom. The van der Waals surface area contributed by atoms with Gasteiger partial charge in [-0.3, -0.25) is 4.79 Å². The molecule has 4 rings (SSSR count). The van der Waals surface area contributed by atoms with E-state index in [9.17, 15) is 17.8 Å². The summed E-state index contributed by atoms with van der Waals surface area (Å²) in [7, 11) is -3.05. The Kier molecular flexibility index (Phi) is 5.61. The minimum atomic E-state index is -3.05. The number of hydrogen-bond donors (Lipinski definition) is 3. The summed E-state index contributed by atoms with van der Waals surface area (Å²) in [5, 5.41) is 2.79. The molecule has 0 radical (unpaired) electrons. The van der Waals surface area contributed by atoms with Crippen molar-refractivity contribution in [3.8, 4) is 0 Å². The predicted octanol–water partition coefficient (Wildman–Crippen LogP) is 4.18. The number of anilines is 2. The first-order valence-corrected chi connectivity index (χ1v) is 12.1. The van der Waals surface area contributed by atoms with Crippen LogP contribution in [0.5, 0.6) is 0 Å². The van der Waals surface area contributed by atoms with Crippen molar-refractivity contribution in [3.63, 3.8) is 0 Å². The third-order valence-corrected chi connectivity index (χ3v) is 6.50. The lowest BCUT2D eigenvalue weighted by Crippen LogP contribution is -2.29. The molecule has 1 saturated heterocycles. The quantitative estimate of drug-likeness (QED) is 0.538. The number of aryl methyl sites for hydroxylation is 1. The molecule has 32 heavy (non-hydrogen) atoms. The highest BCUT2D eigenvalue weighted by Crippen LogP contribution is 2.32. The molecule has 3 aromatic rings. The maximum atomic E-state index is 13.9. The number of H-pyrrole nitrogens is 1. The van der Waals surface area contributed by atoms with Crippen LogP contribution in [0.15, 0.2) is 35.6 Å². The third kappa shape index (κ3) is 4.57. The maximum absolute atomic E-state index is 13.9. The van der Waals surface area contributed by atoms with Gasteiger partial charge in [0.1, 0.15) is 10.8 Å². The molecule has 1 atom stereocenters. The van der Waals surface area contributed by atoms with Gasteiger partial charge in [-0.15, -0.1) is 0 Å². The van der Waals surface area contributed by atoms with E-state index in [0.29, 0.717) is 35.5 Å². The van der Waals surface area contributed by atoms with Gasteiger partial charge in [0.2, 0.25) is 5.92 Å². The third-order valence-electron chi connectivity index (χ3n) is 5.47. The number of carbonyl (C=O) groups is 1. The smallest absolute Gasteiger partial charge is 0.259 e. The molecule has 3 aromatic heterocycles. The van der Waals surface area contributed by atoms with Crippen LogP contribution in [0.1, 0.15) is 35.2 Å². The van der Waals surface area contributed by atoms with Crippen LogP contribution in [0.25, 0.3) is 11.0 Å². The number of aromatic nitrogens is 3. The summed E-state index contributed by atoms with van der Waals surface area (Å²) in [6.45, 7) is 2.34. The number of rotatable bonds is 4. The molecule has 1 unspecified atom stereocenters. The van der Waals surface area contributed by atoms with E-state index in [-0.39, 0.29) is 30.0 Å². The number of amides is 1. The van der Waals surface area contributed by atoms with Gasteiger partial charge in [-0.25, -0.2) is 27.7 Å². The molecule has 1 fully saturated rings. The fourth-order valence-electron chi connectivity index (χ4n) is 3.75. The van der Waals surface area contributed by atoms with Gasteiger partial charge in [0.15, 0.2) is 0 Å². The topological polar surface area (TPSA) is 115 Å². The molecule has 1 aliphatic rings. The highest BCUT2D eigenvalue weighted by atomic mass is 32.2. The van der Waals surface area contributed by atoms with Crippen LogP contribution in [0.2, 0.25) is 0 Å². The fourth-order valence-corrected chi connectivity index (χ4v) is 4.36. The van der Waals surface area contributed by atoms with Gasteiger partial charge in [-0.2, -0.15) is 0 Å². The van der Waals surface area contributed by atoms with Crippen molar-refractivity contribution in [2.45, 2.75) is 37.1 Å². The molecule has 0 aromatic carbocycles. The average Bonchev–Trinajstić information content (AvgIpc) is 2.98. The van der Waals surface area contributed by atoms with Crippen molar-refractivity contribution in [2.75, 3.05) is 29.6 Å². The van der Waals surface area contributed by atoms with Crippen LogP contribution < -0.4 is 10.2 Å². The number of alkyl halides is 2. The molecule has 0 spiro atoms. The number of aromatic amines is 1. The van der Waals surface area contributed by atoms with Crippen molar-refractivity contribution in [1.29, 1.82) is 4.78 Å². The number of carbonyl (C=O) groups excluding carboxylic acids is 1. The SMILES string of the molecule is Cc1c[nH]c2cc(C(=O)Nc3ccnc(S(C)(=N)=O)c3)c(N3CCCC(F)(F)CC3)nc12. The molecule has 0 bridgehead atoms. The van der Waals surface area contributed by atoms with Crippen molar-refractivity contribution >= 4 is 38.2 Å². The predicted molar refractivity (Wildman–Crippen MR) is 119 cm³/mol. The summed E-state index contributed by atoms with van der Waals surface area (Å²) in [6.07, 6.45) is 4.19. The van der Waals surface area contributed by atoms with Crippen molar-refractivity contribution in [1.82, 2.24) is 15.0 Å². The Labute approximate surface area is 184 Å². The zero-order chi connectivity index (χ0) is 23.1. The first kappa shape index (κ1) is 22.1. The molecular weight excluding hydrogens is 438 g/mol. The summed E-state index contributed by atoms with van der Waals surface area (Å²) < 4.78 is 47.6. The average molecular weight is 463 g/mol. The second-order valence-corrected chi connectivity index (χ2v) is 10.2. The van der Waals surface area contributed by atoms with E-state index in [2.05, 4.69) is 20.3 Å². The van der Waals surface area contributed by atoms with Gasteiger partial charge in [-0.1, -0.05) is 0 Å². The minimum Gasteiger partial charge on any atom is -0.360 e. The van der Waals surface area contributed by atoms with Crippen LogP contribution in [0, 0.1) is 11.7 Å². The molecule has 3 N–H and O–H groups in total. The molecule has 0 saturated carbocycles. The molecule has 170 valence electrons. The van der Waals surface area contributed by atoms with Crippen molar-refractivity contribution in [2.24, 2.45) is 0 Å². The van der Waals surface area contributed by atoms with E-state index >= 15 is 0 Å². The molecule has 0 aliphatic carbocycles. The number of nitrogens with one attached hydrogen (secondary N) is 3. The molecule has 11 heteroatoms. The maximum Gasteiger partial charge on any atom is 0.259 e. The zero-order valence-corrected chi connectivity index (χ0v) is 18.6. The Bertz CT molecular complexity index is 1290. The molecular formula is C21H24F2N6O2S. The van der Waals surface area contributed by atoms with E-state index in [0.717, 1.165) is 5.56 Å². The van der Waals surface area contributed by atoms with E-state index in [1.807, 2.05) is 6.92 Å². The highest BCUT2D eigenvalue weighted by Gasteiger charge is 2.33. The van der Waals surface area contributed by atoms with E-state index in [1.165, 1.54) is 24.6 Å². The lowest BCUT2D eigenvalue weighted by Gasteiger charge is -2.24. The van der Waals surface area contributed by atoms with Crippen LogP contribution in [-0.2, 0) is 9.73 Å². The minimum absolute atomic E-state index is 0.0545. The van der Waals surface area contributed by atoms with Crippen LogP contribution in [-0.4, -0.2) is 50.3 Å². The number of fused-ring (bicyclic) bond motifs is 1. The Morgan fingerprint density at radius 1 is 1.31 bits per heavy atom. The molecule has 1 amide bonds. The Hall–Kier alpha value is -3.08. The van der Waals surface area contributed by atoms with Gasteiger partial charge >= 0.3 is 0 Å². The molecule has 1 aliphatic heterocycles. The molecule has 8 nitrogen and oxygen atoms in total. The number of nitrogens with zero attached hydrogens (tertiary/aromatic N) is 3. The second-order valence-electron chi connectivity index (χ2n) is 8.10. The van der Waals surface area contributed by atoms with E-state index < -0.39 is 21.6 Å². The van der Waals surface area contributed by atoms with E-state index in [4.69, 9.17) is 4.78 Å². The largest absolute Gasteiger partial charge is 0.360 e. The summed E-state index contributed by atoms with van der Waals surface area (Å²) in [6, 6.07) is 4.59. The van der Waals surface area contributed by atoms with Gasteiger partial charge in [0, 0.05) is 50.3 Å². The van der Waals surface area contributed by atoms with Crippen LogP contribution in [0.4, 0.5) is 20.3 Å². The van der Waals surface area contributed by atoms with Gasteiger partial charge in [0.25, 0.3) is 5.91 Å². The Morgan fingerprint density at radius 3 is 2.84 bits per heavy atom. The lowest BCUT2D eigenvalue weighted by atomic mass is 10.1. The first-order valence-electron chi connectivity index (χ1n) is 10.2. The molecule has 4 heterocycles. The van der Waals surface area contributed by atoms with Crippen molar-refractivity contribution < 1.29 is 17.8 Å². The number of pyridine rings is 2. The van der Waals surface area contributed by atoms with Crippen LogP contribution in [0.3, 0.4) is 0 Å². The lowest BCUT2D eigenvalue weighted by molar-refractivity contribution is -0.0102. The van der Waals surface area contributed by atoms with Crippen molar-refractivity contribution in [3.05, 3.63) is 41.7 Å². The van der Waals surface area contributed by atoms with E-state index in [1.54, 1.807) is 17.2 Å². The first-order chi connectivity index (χ1) is 15.0. The summed E-state index contributed by atoms with van der Waals surface area (Å²) >= 11 is 0. The Balaban J connectivity index is 1.72. The second kappa shape index (κ2) is 8.12. The van der Waals surface area contributed by atoms with Gasteiger partial charge < -0.3 is 15.2 Å². The van der Waals surface area contributed by atoms with Crippen LogP contribution >= 0.6 is 0 Å². The monoisotopic (exact) mass is 462 g/mol. The normalized spacial score (nSPS) is 18.2. The number of hydrogen-bond acceptors (Lipinski definition) is 6. The fraction of sp³-hybridized carbons (Fsp3) is 0.381. The van der Waals surface area contributed by atoms with Gasteiger partial charge in [0.05, 0.1) is 26.3 Å². The highest BCUT2D eigenvalue weighted by molar-refractivity contribution is 7.91.